The molecule has 0 aromatic carbocycles. The summed E-state index contributed by atoms with van der Waals surface area (Å²) in [5, 5.41) is 4.92. The molecule has 2 saturated heterocycles. The van der Waals surface area contributed by atoms with Gasteiger partial charge in [-0.1, -0.05) is 12.8 Å². The smallest absolute Gasteiger partial charge is 0.281 e. The van der Waals surface area contributed by atoms with Crippen LogP contribution in [0.3, 0.4) is 0 Å². The van der Waals surface area contributed by atoms with E-state index in [1.54, 1.807) is 0 Å². The summed E-state index contributed by atoms with van der Waals surface area (Å²) in [6.07, 6.45) is 8.43. The Labute approximate surface area is 127 Å². The number of rotatable bonds is 2. The highest BCUT2D eigenvalue weighted by Crippen LogP contribution is 1.97. The Morgan fingerprint density at radius 1 is 0.619 bits per heavy atom. The van der Waals surface area contributed by atoms with Crippen molar-refractivity contribution in [3.05, 3.63) is 0 Å². The van der Waals surface area contributed by atoms with Crippen molar-refractivity contribution in [1.82, 2.24) is 10.6 Å². The van der Waals surface area contributed by atoms with E-state index in [0.717, 1.165) is 0 Å². The SMILES string of the molecule is C1CCNCC1.C1CCNCC1.O=S(=O)(O)CS(=O)(=O)O. The van der Waals surface area contributed by atoms with Gasteiger partial charge in [-0.25, -0.2) is 0 Å². The fourth-order valence-electron chi connectivity index (χ4n) is 1.79. The van der Waals surface area contributed by atoms with Gasteiger partial charge >= 0.3 is 0 Å². The highest BCUT2D eigenvalue weighted by atomic mass is 32.3. The monoisotopic (exact) mass is 346 g/mol. The Balaban J connectivity index is 0.000000293. The number of piperidine rings is 2. The standard InChI is InChI=1S/2C5H11N.CH4O6S2/c2*1-2-4-6-5-3-1;2-8(3,4)1-9(5,6)7/h2*6H,1-5H2;1H2,(H,2,3,4)(H,5,6,7). The van der Waals surface area contributed by atoms with E-state index in [1.807, 2.05) is 0 Å². The molecule has 4 N–H and O–H groups in total. The van der Waals surface area contributed by atoms with Crippen molar-refractivity contribution in [3.8, 4) is 0 Å². The van der Waals surface area contributed by atoms with E-state index in [1.165, 1.54) is 64.7 Å². The van der Waals surface area contributed by atoms with Crippen LogP contribution < -0.4 is 10.6 Å². The first-order valence-corrected chi connectivity index (χ1v) is 10.2. The summed E-state index contributed by atoms with van der Waals surface area (Å²) >= 11 is 0. The van der Waals surface area contributed by atoms with Gasteiger partial charge in [0.05, 0.1) is 0 Å². The molecule has 2 rings (SSSR count). The van der Waals surface area contributed by atoms with E-state index in [4.69, 9.17) is 9.11 Å². The second-order valence-electron chi connectivity index (χ2n) is 4.90. The van der Waals surface area contributed by atoms with Gasteiger partial charge in [0.2, 0.25) is 5.08 Å². The minimum atomic E-state index is -4.62. The first-order valence-electron chi connectivity index (χ1n) is 7.02. The van der Waals surface area contributed by atoms with Crippen LogP contribution in [0.15, 0.2) is 0 Å². The summed E-state index contributed by atoms with van der Waals surface area (Å²) in [5.41, 5.74) is 0. The van der Waals surface area contributed by atoms with Crippen molar-refractivity contribution < 1.29 is 25.9 Å². The van der Waals surface area contributed by atoms with Crippen molar-refractivity contribution in [2.45, 2.75) is 38.5 Å². The molecule has 8 nitrogen and oxygen atoms in total. The van der Waals surface area contributed by atoms with Crippen molar-refractivity contribution in [3.63, 3.8) is 0 Å². The zero-order chi connectivity index (χ0) is 16.2. The van der Waals surface area contributed by atoms with Crippen LogP contribution >= 0.6 is 0 Å². The van der Waals surface area contributed by atoms with E-state index in [-0.39, 0.29) is 0 Å². The maximum absolute atomic E-state index is 9.66. The predicted molar refractivity (Wildman–Crippen MR) is 81.4 cm³/mol. The third kappa shape index (κ3) is 19.7. The molecule has 2 heterocycles. The van der Waals surface area contributed by atoms with Crippen molar-refractivity contribution in [1.29, 1.82) is 0 Å². The third-order valence-electron chi connectivity index (χ3n) is 2.71. The van der Waals surface area contributed by atoms with Crippen molar-refractivity contribution in [2.75, 3.05) is 31.3 Å². The number of hydrogen-bond donors (Lipinski definition) is 4. The van der Waals surface area contributed by atoms with Crippen LogP contribution in [0, 0.1) is 0 Å². The van der Waals surface area contributed by atoms with Gasteiger partial charge in [0, 0.05) is 0 Å². The summed E-state index contributed by atoms with van der Waals surface area (Å²) in [5.74, 6) is 0. The van der Waals surface area contributed by atoms with Gasteiger partial charge in [-0.2, -0.15) is 16.8 Å². The lowest BCUT2D eigenvalue weighted by Crippen LogP contribution is -2.21. The lowest BCUT2D eigenvalue weighted by Gasteiger charge is -2.08. The molecule has 21 heavy (non-hydrogen) atoms. The third-order valence-corrected chi connectivity index (χ3v) is 5.09. The first kappa shape index (κ1) is 20.7. The molecular formula is C11H26N2O6S2. The molecule has 0 bridgehead atoms. The maximum atomic E-state index is 9.66. The van der Waals surface area contributed by atoms with Gasteiger partial charge in [-0.15, -0.1) is 0 Å². The molecular weight excluding hydrogens is 320 g/mol. The second kappa shape index (κ2) is 11.3. The van der Waals surface area contributed by atoms with Gasteiger partial charge in [0.1, 0.15) is 0 Å². The topological polar surface area (TPSA) is 133 Å². The quantitative estimate of drug-likeness (QED) is 0.523. The molecule has 0 radical (unpaired) electrons. The molecule has 0 unspecified atom stereocenters. The molecule has 2 aliphatic rings. The first-order chi connectivity index (χ1) is 9.71. The summed E-state index contributed by atoms with van der Waals surface area (Å²) in [4.78, 5) is 0. The Kier molecular flexibility index (Phi) is 11.2. The molecule has 0 aliphatic carbocycles. The van der Waals surface area contributed by atoms with Crippen LogP contribution in [-0.4, -0.2) is 57.2 Å². The fraction of sp³-hybridized carbons (Fsp3) is 1.00. The largest absolute Gasteiger partial charge is 0.317 e. The molecule has 0 aromatic rings. The highest BCUT2D eigenvalue weighted by molar-refractivity contribution is 8.02. The van der Waals surface area contributed by atoms with E-state index in [0.29, 0.717) is 0 Å². The Bertz CT molecular complexity index is 376. The minimum absolute atomic E-state index is 1.25. The van der Waals surface area contributed by atoms with E-state index in [2.05, 4.69) is 10.6 Å². The average Bonchev–Trinajstić information content (AvgIpc) is 2.40. The van der Waals surface area contributed by atoms with Crippen molar-refractivity contribution >= 4 is 20.2 Å². The summed E-state index contributed by atoms with van der Waals surface area (Å²) < 4.78 is 54.2. The fourth-order valence-corrected chi connectivity index (χ4v) is 3.30. The lowest BCUT2D eigenvalue weighted by molar-refractivity contribution is 0.471. The second-order valence-corrected chi connectivity index (χ2v) is 8.17. The molecule has 0 aromatic heterocycles. The van der Waals surface area contributed by atoms with Crippen LogP contribution in [0.2, 0.25) is 0 Å². The summed E-state index contributed by atoms with van der Waals surface area (Å²) in [6.45, 7) is 5.00. The number of hydrogen-bond acceptors (Lipinski definition) is 6. The zero-order valence-electron chi connectivity index (χ0n) is 12.1. The predicted octanol–water partition coefficient (Wildman–Crippen LogP) is 0.239. The molecule has 0 saturated carbocycles. The Hall–Kier alpha value is -0.260. The van der Waals surface area contributed by atoms with Crippen LogP contribution in [-0.2, 0) is 20.2 Å². The van der Waals surface area contributed by atoms with Crippen molar-refractivity contribution in [2.24, 2.45) is 0 Å². The molecule has 0 spiro atoms. The molecule has 2 fully saturated rings. The number of nitrogens with one attached hydrogen (secondary N) is 2. The van der Waals surface area contributed by atoms with Crippen LogP contribution in [0.4, 0.5) is 0 Å². The molecule has 0 amide bonds. The van der Waals surface area contributed by atoms with Crippen LogP contribution in [0.5, 0.6) is 0 Å². The lowest BCUT2D eigenvalue weighted by atomic mass is 10.2. The Morgan fingerprint density at radius 2 is 0.905 bits per heavy atom. The molecule has 128 valence electrons. The van der Waals surface area contributed by atoms with E-state index < -0.39 is 25.3 Å². The zero-order valence-corrected chi connectivity index (χ0v) is 13.8. The summed E-state index contributed by atoms with van der Waals surface area (Å²) in [7, 11) is -9.24. The molecule has 0 atom stereocenters. The Morgan fingerprint density at radius 3 is 0.952 bits per heavy atom. The van der Waals surface area contributed by atoms with Gasteiger partial charge in [-0.05, 0) is 51.9 Å². The average molecular weight is 346 g/mol. The maximum Gasteiger partial charge on any atom is 0.281 e. The van der Waals surface area contributed by atoms with Crippen LogP contribution in [0.25, 0.3) is 0 Å². The normalized spacial score (nSPS) is 19.5. The highest BCUT2D eigenvalue weighted by Gasteiger charge is 2.15. The minimum Gasteiger partial charge on any atom is -0.317 e. The van der Waals surface area contributed by atoms with Gasteiger partial charge in [0.25, 0.3) is 20.2 Å². The van der Waals surface area contributed by atoms with Gasteiger partial charge < -0.3 is 10.6 Å². The van der Waals surface area contributed by atoms with Gasteiger partial charge in [-0.3, -0.25) is 9.11 Å². The van der Waals surface area contributed by atoms with Gasteiger partial charge in [0.15, 0.2) is 0 Å². The summed E-state index contributed by atoms with van der Waals surface area (Å²) in [6, 6.07) is 0. The van der Waals surface area contributed by atoms with E-state index in [9.17, 15) is 16.8 Å². The molecule has 10 heteroatoms. The molecule has 2 aliphatic heterocycles. The van der Waals surface area contributed by atoms with Crippen LogP contribution in [0.1, 0.15) is 38.5 Å². The van der Waals surface area contributed by atoms with E-state index >= 15 is 0 Å².